The highest BCUT2D eigenvalue weighted by Gasteiger charge is 2.18. The molecule has 170 valence electrons. The van der Waals surface area contributed by atoms with Crippen LogP contribution in [0.3, 0.4) is 0 Å². The third-order valence-corrected chi connectivity index (χ3v) is 5.80. The second-order valence-corrected chi connectivity index (χ2v) is 8.53. The molecule has 31 heavy (non-hydrogen) atoms. The molecule has 1 heterocycles. The first-order chi connectivity index (χ1) is 15.0. The Bertz CT molecular complexity index is 779. The fourth-order valence-corrected chi connectivity index (χ4v) is 3.85. The van der Waals surface area contributed by atoms with Crippen molar-refractivity contribution >= 4 is 0 Å². The summed E-state index contributed by atoms with van der Waals surface area (Å²) < 4.78 is 11.4. The number of rotatable bonds is 11. The van der Waals surface area contributed by atoms with Crippen molar-refractivity contribution in [3.63, 3.8) is 0 Å². The zero-order valence-corrected chi connectivity index (χ0v) is 19.2. The molecule has 1 atom stereocenters. The Morgan fingerprint density at radius 1 is 1.00 bits per heavy atom. The number of β-amino-alcohol motifs (C(OH)–C–C–N with tert-alkyl or cyclic N) is 1. The largest absolute Gasteiger partial charge is 0.493 e. The Balaban J connectivity index is 1.49. The minimum absolute atomic E-state index is 0.260. The average molecular weight is 428 g/mol. The lowest BCUT2D eigenvalue weighted by Crippen LogP contribution is -2.47. The van der Waals surface area contributed by atoms with E-state index in [0.717, 1.165) is 45.7 Å². The molecule has 2 aromatic rings. The predicted molar refractivity (Wildman–Crippen MR) is 125 cm³/mol. The van der Waals surface area contributed by atoms with Crippen molar-refractivity contribution in [3.8, 4) is 11.5 Å². The number of hydrogen-bond acceptors (Lipinski definition) is 6. The van der Waals surface area contributed by atoms with Crippen molar-refractivity contribution in [3.05, 3.63) is 59.7 Å². The number of likely N-dealkylation sites (N-methyl/N-ethyl adjacent to an activating group) is 2. The first-order valence-electron chi connectivity index (χ1n) is 11.1. The maximum Gasteiger partial charge on any atom is 0.161 e. The standard InChI is InChI=1S/C25H37N3O3/c1-26-13-15-28(16-14-26)19-23(29)20-31-25-17-22(9-10-24(25)30-3)18-27(2)12-11-21-7-5-4-6-8-21/h4-10,17,23,29H,11-16,18-20H2,1-3H3/t23-/m1/s1. The second-order valence-electron chi connectivity index (χ2n) is 8.53. The van der Waals surface area contributed by atoms with Crippen LogP contribution < -0.4 is 9.47 Å². The molecular weight excluding hydrogens is 390 g/mol. The van der Waals surface area contributed by atoms with E-state index in [1.54, 1.807) is 7.11 Å². The lowest BCUT2D eigenvalue weighted by Gasteiger charge is -2.33. The first kappa shape index (κ1) is 23.5. The molecule has 1 N–H and O–H groups in total. The van der Waals surface area contributed by atoms with Crippen LogP contribution in [-0.2, 0) is 13.0 Å². The third-order valence-electron chi connectivity index (χ3n) is 5.80. The van der Waals surface area contributed by atoms with Gasteiger partial charge in [0.25, 0.3) is 0 Å². The van der Waals surface area contributed by atoms with Gasteiger partial charge >= 0.3 is 0 Å². The smallest absolute Gasteiger partial charge is 0.161 e. The predicted octanol–water partition coefficient (Wildman–Crippen LogP) is 2.36. The van der Waals surface area contributed by atoms with Crippen LogP contribution in [0.1, 0.15) is 11.1 Å². The highest BCUT2D eigenvalue weighted by molar-refractivity contribution is 5.43. The van der Waals surface area contributed by atoms with Gasteiger partial charge in [0.15, 0.2) is 11.5 Å². The van der Waals surface area contributed by atoms with E-state index in [4.69, 9.17) is 9.47 Å². The summed E-state index contributed by atoms with van der Waals surface area (Å²) in [6, 6.07) is 16.6. The number of hydrogen-bond donors (Lipinski definition) is 1. The monoisotopic (exact) mass is 427 g/mol. The van der Waals surface area contributed by atoms with Crippen LogP contribution in [0.4, 0.5) is 0 Å². The molecular formula is C25H37N3O3. The highest BCUT2D eigenvalue weighted by atomic mass is 16.5. The van der Waals surface area contributed by atoms with Crippen LogP contribution in [0.5, 0.6) is 11.5 Å². The van der Waals surface area contributed by atoms with E-state index in [0.29, 0.717) is 18.0 Å². The van der Waals surface area contributed by atoms with Gasteiger partial charge in [-0.3, -0.25) is 4.90 Å². The molecule has 6 heteroatoms. The van der Waals surface area contributed by atoms with Gasteiger partial charge in [0, 0.05) is 45.8 Å². The Labute approximate surface area is 187 Å². The van der Waals surface area contributed by atoms with Gasteiger partial charge in [0.1, 0.15) is 12.7 Å². The molecule has 1 aliphatic rings. The van der Waals surface area contributed by atoms with Gasteiger partial charge in [-0.15, -0.1) is 0 Å². The second kappa shape index (κ2) is 12.1. The normalized spacial score (nSPS) is 16.4. The summed E-state index contributed by atoms with van der Waals surface area (Å²) in [5, 5.41) is 10.5. The van der Waals surface area contributed by atoms with E-state index in [1.807, 2.05) is 18.2 Å². The van der Waals surface area contributed by atoms with Crippen LogP contribution in [0, 0.1) is 0 Å². The maximum atomic E-state index is 10.5. The molecule has 3 rings (SSSR count). The molecule has 0 aromatic heterocycles. The van der Waals surface area contributed by atoms with E-state index < -0.39 is 6.10 Å². The molecule has 0 aliphatic carbocycles. The molecule has 2 aromatic carbocycles. The molecule has 0 radical (unpaired) electrons. The van der Waals surface area contributed by atoms with Gasteiger partial charge in [-0.05, 0) is 43.8 Å². The number of nitrogens with zero attached hydrogens (tertiary/aromatic N) is 3. The van der Waals surface area contributed by atoms with Crippen LogP contribution in [0.25, 0.3) is 0 Å². The molecule has 0 amide bonds. The van der Waals surface area contributed by atoms with Gasteiger partial charge in [0.05, 0.1) is 7.11 Å². The van der Waals surface area contributed by atoms with E-state index in [2.05, 4.69) is 59.1 Å². The van der Waals surface area contributed by atoms with Crippen molar-refractivity contribution in [1.82, 2.24) is 14.7 Å². The molecule has 6 nitrogen and oxygen atoms in total. The van der Waals surface area contributed by atoms with Crippen molar-refractivity contribution in [2.45, 2.75) is 19.1 Å². The van der Waals surface area contributed by atoms with E-state index in [-0.39, 0.29) is 6.61 Å². The Kier molecular flexibility index (Phi) is 9.15. The number of aliphatic hydroxyl groups excluding tert-OH is 1. The number of aliphatic hydroxyl groups is 1. The van der Waals surface area contributed by atoms with Crippen molar-refractivity contribution < 1.29 is 14.6 Å². The summed E-state index contributed by atoms with van der Waals surface area (Å²) in [5.41, 5.74) is 2.52. The minimum Gasteiger partial charge on any atom is -0.493 e. The molecule has 0 bridgehead atoms. The Morgan fingerprint density at radius 3 is 2.45 bits per heavy atom. The topological polar surface area (TPSA) is 48.4 Å². The summed E-state index contributed by atoms with van der Waals surface area (Å²) in [7, 11) is 5.91. The zero-order valence-electron chi connectivity index (χ0n) is 19.2. The SMILES string of the molecule is COc1ccc(CN(C)CCc2ccccc2)cc1OC[C@H](O)CN1CCN(C)CC1. The number of methoxy groups -OCH3 is 1. The van der Waals surface area contributed by atoms with Crippen LogP contribution in [0.2, 0.25) is 0 Å². The molecule has 0 spiro atoms. The van der Waals surface area contributed by atoms with Crippen molar-refractivity contribution in [2.24, 2.45) is 0 Å². The first-order valence-corrected chi connectivity index (χ1v) is 11.1. The molecule has 1 saturated heterocycles. The van der Waals surface area contributed by atoms with Gasteiger partial charge in [-0.1, -0.05) is 36.4 Å². The summed E-state index contributed by atoms with van der Waals surface area (Å²) >= 11 is 0. The van der Waals surface area contributed by atoms with E-state index in [9.17, 15) is 5.11 Å². The Hall–Kier alpha value is -2.12. The van der Waals surface area contributed by atoms with Crippen molar-refractivity contribution in [1.29, 1.82) is 0 Å². The highest BCUT2D eigenvalue weighted by Crippen LogP contribution is 2.28. The van der Waals surface area contributed by atoms with Gasteiger partial charge in [-0.25, -0.2) is 0 Å². The molecule has 1 aliphatic heterocycles. The molecule has 0 saturated carbocycles. The van der Waals surface area contributed by atoms with Gasteiger partial charge in [0.2, 0.25) is 0 Å². The van der Waals surface area contributed by atoms with Crippen molar-refractivity contribution in [2.75, 3.05) is 67.1 Å². The summed E-state index contributed by atoms with van der Waals surface area (Å²) in [4.78, 5) is 6.91. The third kappa shape index (κ3) is 7.82. The number of benzene rings is 2. The summed E-state index contributed by atoms with van der Waals surface area (Å²) in [6.45, 7) is 6.77. The van der Waals surface area contributed by atoms with Crippen LogP contribution in [-0.4, -0.2) is 93.0 Å². The molecule has 1 fully saturated rings. The quantitative estimate of drug-likeness (QED) is 0.594. The van der Waals surface area contributed by atoms with Crippen LogP contribution >= 0.6 is 0 Å². The Morgan fingerprint density at radius 2 is 1.74 bits per heavy atom. The average Bonchev–Trinajstić information content (AvgIpc) is 2.79. The summed E-state index contributed by atoms with van der Waals surface area (Å²) in [6.07, 6.45) is 0.500. The summed E-state index contributed by atoms with van der Waals surface area (Å²) in [5.74, 6) is 1.39. The fourth-order valence-electron chi connectivity index (χ4n) is 3.85. The zero-order chi connectivity index (χ0) is 22.1. The minimum atomic E-state index is -0.523. The number of ether oxygens (including phenoxy) is 2. The lowest BCUT2D eigenvalue weighted by atomic mass is 10.1. The maximum absolute atomic E-state index is 10.5. The fraction of sp³-hybridized carbons (Fsp3) is 0.520. The van der Waals surface area contributed by atoms with Gasteiger partial charge in [-0.2, -0.15) is 0 Å². The van der Waals surface area contributed by atoms with Gasteiger partial charge < -0.3 is 24.4 Å². The lowest BCUT2D eigenvalue weighted by molar-refractivity contribution is 0.0497. The molecule has 0 unspecified atom stereocenters. The van der Waals surface area contributed by atoms with Crippen LogP contribution in [0.15, 0.2) is 48.5 Å². The number of piperazine rings is 1. The van der Waals surface area contributed by atoms with E-state index in [1.165, 1.54) is 11.1 Å². The van der Waals surface area contributed by atoms with E-state index >= 15 is 0 Å².